The molecule has 0 unspecified atom stereocenters. The molecule has 3 aromatic rings. The van der Waals surface area contributed by atoms with Crippen LogP contribution in [0.3, 0.4) is 0 Å². The summed E-state index contributed by atoms with van der Waals surface area (Å²) in [5.74, 6) is -0.510. The zero-order chi connectivity index (χ0) is 24.2. The minimum Gasteiger partial charge on any atom is -0.497 e. The van der Waals surface area contributed by atoms with Gasteiger partial charge in [-0.3, -0.25) is 10.1 Å². The normalized spacial score (nSPS) is 13.9. The van der Waals surface area contributed by atoms with E-state index in [1.54, 1.807) is 42.5 Å². The first-order valence-corrected chi connectivity index (χ1v) is 10.6. The highest BCUT2D eigenvalue weighted by Gasteiger charge is 2.25. The maximum absolute atomic E-state index is 12.6. The maximum Gasteiger partial charge on any atom is 0.363 e. The van der Waals surface area contributed by atoms with Crippen LogP contribution < -0.4 is 9.47 Å². The molecule has 1 heterocycles. The summed E-state index contributed by atoms with van der Waals surface area (Å²) in [4.78, 5) is 39.5. The Morgan fingerprint density at radius 3 is 2.59 bits per heavy atom. The van der Waals surface area contributed by atoms with Crippen molar-refractivity contribution in [1.29, 1.82) is 0 Å². The Hall–Kier alpha value is -4.31. The fourth-order valence-electron chi connectivity index (χ4n) is 3.04. The number of aliphatic imine (C=N–C) groups is 1. The van der Waals surface area contributed by atoms with Crippen LogP contribution in [-0.4, -0.2) is 29.9 Å². The molecular weight excluding hydrogens is 508 g/mol. The molecule has 0 saturated carbocycles. The molecule has 4 rings (SSSR count). The monoisotopic (exact) mass is 522 g/mol. The SMILES string of the molecule is COc1cccc(C2=N/C(=C\c3cc(Br)ccc3OC(=O)c3ccc([N+](=O)[O-])cc3)C(=O)O2)c1. The molecule has 0 fully saturated rings. The number of halogens is 1. The van der Waals surface area contributed by atoms with E-state index >= 15 is 0 Å². The predicted molar refractivity (Wildman–Crippen MR) is 126 cm³/mol. The van der Waals surface area contributed by atoms with Crippen LogP contribution in [0.15, 0.2) is 81.9 Å². The standard InChI is InChI=1S/C24H15BrN2O7/c1-32-19-4-2-3-15(12-19)22-26-20(24(29)34-22)13-16-11-17(25)7-10-21(16)33-23(28)14-5-8-18(9-6-14)27(30)31/h2-13H,1H3/b20-13-. The number of carbonyl (C=O) groups excluding carboxylic acids is 2. The first kappa shape index (κ1) is 22.9. The first-order valence-electron chi connectivity index (χ1n) is 9.77. The van der Waals surface area contributed by atoms with Crippen LogP contribution in [0.25, 0.3) is 6.08 Å². The Labute approximate surface area is 201 Å². The molecule has 0 aromatic heterocycles. The van der Waals surface area contributed by atoms with Gasteiger partial charge >= 0.3 is 11.9 Å². The molecule has 1 aliphatic heterocycles. The topological polar surface area (TPSA) is 117 Å². The lowest BCUT2D eigenvalue weighted by molar-refractivity contribution is -0.384. The van der Waals surface area contributed by atoms with Gasteiger partial charge in [0, 0.05) is 27.7 Å². The number of cyclic esters (lactones) is 1. The van der Waals surface area contributed by atoms with E-state index in [1.165, 1.54) is 37.5 Å². The molecule has 0 atom stereocenters. The lowest BCUT2D eigenvalue weighted by atomic mass is 10.1. The molecule has 9 nitrogen and oxygen atoms in total. The lowest BCUT2D eigenvalue weighted by Crippen LogP contribution is -2.09. The first-order chi connectivity index (χ1) is 16.3. The quantitative estimate of drug-likeness (QED) is 0.148. The molecule has 0 spiro atoms. The predicted octanol–water partition coefficient (Wildman–Crippen LogP) is 4.93. The van der Waals surface area contributed by atoms with Crippen molar-refractivity contribution in [2.75, 3.05) is 7.11 Å². The van der Waals surface area contributed by atoms with Crippen LogP contribution in [0.5, 0.6) is 11.5 Å². The van der Waals surface area contributed by atoms with E-state index in [0.29, 0.717) is 21.3 Å². The molecule has 10 heteroatoms. The fraction of sp³-hybridized carbons (Fsp3) is 0.0417. The van der Waals surface area contributed by atoms with Crippen molar-refractivity contribution >= 4 is 45.5 Å². The maximum atomic E-state index is 12.6. The Kier molecular flexibility index (Phi) is 6.51. The summed E-state index contributed by atoms with van der Waals surface area (Å²) in [7, 11) is 1.53. The van der Waals surface area contributed by atoms with Crippen LogP contribution in [0.1, 0.15) is 21.5 Å². The molecule has 0 aliphatic carbocycles. The van der Waals surface area contributed by atoms with Crippen molar-refractivity contribution in [3.63, 3.8) is 0 Å². The van der Waals surface area contributed by atoms with Crippen LogP contribution in [0, 0.1) is 10.1 Å². The van der Waals surface area contributed by atoms with Gasteiger partial charge in [0.25, 0.3) is 5.69 Å². The zero-order valence-electron chi connectivity index (χ0n) is 17.6. The third-order valence-corrected chi connectivity index (χ3v) is 5.21. The van der Waals surface area contributed by atoms with E-state index in [2.05, 4.69) is 20.9 Å². The second kappa shape index (κ2) is 9.67. The molecule has 0 radical (unpaired) electrons. The summed E-state index contributed by atoms with van der Waals surface area (Å²) >= 11 is 3.36. The third-order valence-electron chi connectivity index (χ3n) is 4.72. The number of rotatable bonds is 6. The van der Waals surface area contributed by atoms with E-state index in [0.717, 1.165) is 0 Å². The summed E-state index contributed by atoms with van der Waals surface area (Å²) in [6, 6.07) is 16.8. The van der Waals surface area contributed by atoms with E-state index in [9.17, 15) is 19.7 Å². The van der Waals surface area contributed by atoms with Crippen molar-refractivity contribution in [3.8, 4) is 11.5 Å². The number of hydrogen-bond acceptors (Lipinski definition) is 8. The Morgan fingerprint density at radius 2 is 1.88 bits per heavy atom. The van der Waals surface area contributed by atoms with Gasteiger partial charge in [0.15, 0.2) is 5.70 Å². The van der Waals surface area contributed by atoms with Crippen molar-refractivity contribution in [3.05, 3.63) is 104 Å². The van der Waals surface area contributed by atoms with Crippen molar-refractivity contribution in [2.45, 2.75) is 0 Å². The van der Waals surface area contributed by atoms with Gasteiger partial charge in [-0.2, -0.15) is 0 Å². The number of hydrogen-bond donors (Lipinski definition) is 0. The minimum atomic E-state index is -0.716. The lowest BCUT2D eigenvalue weighted by Gasteiger charge is -2.08. The summed E-state index contributed by atoms with van der Waals surface area (Å²) in [5, 5.41) is 10.8. The van der Waals surface area contributed by atoms with Crippen molar-refractivity contribution in [1.82, 2.24) is 0 Å². The van der Waals surface area contributed by atoms with E-state index in [4.69, 9.17) is 14.2 Å². The molecule has 0 N–H and O–H groups in total. The van der Waals surface area contributed by atoms with Crippen LogP contribution in [0.2, 0.25) is 0 Å². The third kappa shape index (κ3) is 5.02. The average Bonchev–Trinajstić information content (AvgIpc) is 3.21. The van der Waals surface area contributed by atoms with E-state index in [-0.39, 0.29) is 28.6 Å². The van der Waals surface area contributed by atoms with Crippen LogP contribution in [0.4, 0.5) is 5.69 Å². The number of carbonyl (C=O) groups is 2. The minimum absolute atomic E-state index is 0.0172. The summed E-state index contributed by atoms with van der Waals surface area (Å²) in [6.07, 6.45) is 1.44. The molecule has 0 bridgehead atoms. The smallest absolute Gasteiger partial charge is 0.363 e. The molecule has 0 amide bonds. The van der Waals surface area contributed by atoms with E-state index < -0.39 is 16.9 Å². The van der Waals surface area contributed by atoms with Gasteiger partial charge in [-0.1, -0.05) is 22.0 Å². The fourth-order valence-corrected chi connectivity index (χ4v) is 3.42. The van der Waals surface area contributed by atoms with E-state index in [1.807, 2.05) is 0 Å². The van der Waals surface area contributed by atoms with Crippen LogP contribution >= 0.6 is 15.9 Å². The molecule has 0 saturated heterocycles. The zero-order valence-corrected chi connectivity index (χ0v) is 19.1. The Balaban J connectivity index is 1.63. The highest BCUT2D eigenvalue weighted by molar-refractivity contribution is 9.10. The molecule has 1 aliphatic rings. The van der Waals surface area contributed by atoms with Gasteiger partial charge in [-0.05, 0) is 54.6 Å². The van der Waals surface area contributed by atoms with Crippen molar-refractivity contribution < 1.29 is 28.7 Å². The summed E-state index contributed by atoms with van der Waals surface area (Å²) in [6.45, 7) is 0. The number of nitro groups is 1. The number of benzene rings is 3. The largest absolute Gasteiger partial charge is 0.497 e. The van der Waals surface area contributed by atoms with Crippen LogP contribution in [-0.2, 0) is 9.53 Å². The second-order valence-electron chi connectivity index (χ2n) is 6.94. The van der Waals surface area contributed by atoms with Gasteiger partial charge < -0.3 is 14.2 Å². The van der Waals surface area contributed by atoms with Gasteiger partial charge in [-0.25, -0.2) is 14.6 Å². The number of non-ortho nitro benzene ring substituents is 1. The average molecular weight is 523 g/mol. The number of esters is 2. The molecule has 3 aromatic carbocycles. The molecular formula is C24H15BrN2O7. The second-order valence-corrected chi connectivity index (χ2v) is 7.86. The van der Waals surface area contributed by atoms with Gasteiger partial charge in [0.05, 0.1) is 17.6 Å². The number of ether oxygens (including phenoxy) is 3. The van der Waals surface area contributed by atoms with Gasteiger partial charge in [-0.15, -0.1) is 0 Å². The number of methoxy groups -OCH3 is 1. The Bertz CT molecular complexity index is 1360. The molecule has 170 valence electrons. The summed E-state index contributed by atoms with van der Waals surface area (Å²) < 4.78 is 16.6. The highest BCUT2D eigenvalue weighted by Crippen LogP contribution is 2.29. The number of nitro benzene ring substituents is 1. The highest BCUT2D eigenvalue weighted by atomic mass is 79.9. The molecule has 34 heavy (non-hydrogen) atoms. The summed E-state index contributed by atoms with van der Waals surface area (Å²) in [5.41, 5.74) is 0.965. The Morgan fingerprint density at radius 1 is 1.12 bits per heavy atom. The van der Waals surface area contributed by atoms with Gasteiger partial charge in [0.2, 0.25) is 5.90 Å². The van der Waals surface area contributed by atoms with Crippen molar-refractivity contribution in [2.24, 2.45) is 4.99 Å². The number of nitrogens with zero attached hydrogens (tertiary/aromatic N) is 2. The van der Waals surface area contributed by atoms with Gasteiger partial charge in [0.1, 0.15) is 11.5 Å².